The summed E-state index contributed by atoms with van der Waals surface area (Å²) in [6, 6.07) is 16.8. The minimum atomic E-state index is -0.579. The molecule has 2 amide bonds. The molecule has 0 spiro atoms. The molecule has 0 radical (unpaired) electrons. The lowest BCUT2D eigenvalue weighted by Gasteiger charge is -2.22. The molecule has 2 aromatic rings. The maximum Gasteiger partial charge on any atom is 0.255 e. The van der Waals surface area contributed by atoms with Gasteiger partial charge in [-0.3, -0.25) is 9.59 Å². The van der Waals surface area contributed by atoms with Gasteiger partial charge < -0.3 is 19.7 Å². The summed E-state index contributed by atoms with van der Waals surface area (Å²) in [5, 5.41) is 2.80. The first-order valence-corrected chi connectivity index (χ1v) is 8.54. The van der Waals surface area contributed by atoms with Crippen LogP contribution in [0.3, 0.4) is 0 Å². The molecule has 0 aliphatic carbocycles. The first-order chi connectivity index (χ1) is 12.6. The van der Waals surface area contributed by atoms with Gasteiger partial charge in [0.1, 0.15) is 0 Å². The summed E-state index contributed by atoms with van der Waals surface area (Å²) in [7, 11) is 1.76. The van der Waals surface area contributed by atoms with Crippen molar-refractivity contribution >= 4 is 23.2 Å². The minimum Gasteiger partial charge on any atom is -0.376 e. The molecule has 6 nitrogen and oxygen atoms in total. The number of carbonyl (C=O) groups excluding carboxylic acids is 2. The zero-order valence-corrected chi connectivity index (χ0v) is 14.7. The number of para-hydroxylation sites is 1. The fourth-order valence-electron chi connectivity index (χ4n) is 2.66. The van der Waals surface area contributed by atoms with Gasteiger partial charge in [-0.1, -0.05) is 30.3 Å². The lowest BCUT2D eigenvalue weighted by Crippen LogP contribution is -2.39. The Morgan fingerprint density at radius 1 is 1.08 bits per heavy atom. The van der Waals surface area contributed by atoms with Crippen LogP contribution in [-0.2, 0) is 25.5 Å². The number of nitrogens with one attached hydrogen (secondary N) is 1. The van der Waals surface area contributed by atoms with Gasteiger partial charge in [-0.25, -0.2) is 0 Å². The smallest absolute Gasteiger partial charge is 0.255 e. The van der Waals surface area contributed by atoms with Gasteiger partial charge in [0.15, 0.2) is 6.10 Å². The molecular formula is C20H22N2O4. The summed E-state index contributed by atoms with van der Waals surface area (Å²) in [4.78, 5) is 26.1. The predicted molar refractivity (Wildman–Crippen MR) is 99.2 cm³/mol. The van der Waals surface area contributed by atoms with Gasteiger partial charge in [0.05, 0.1) is 26.2 Å². The Labute approximate surface area is 152 Å². The molecule has 6 heteroatoms. The van der Waals surface area contributed by atoms with Crippen LogP contribution in [0.25, 0.3) is 0 Å². The predicted octanol–water partition coefficient (Wildman–Crippen LogP) is 2.25. The van der Waals surface area contributed by atoms with Crippen molar-refractivity contribution in [3.63, 3.8) is 0 Å². The van der Waals surface area contributed by atoms with Crippen LogP contribution in [0, 0.1) is 0 Å². The second kappa shape index (κ2) is 8.60. The average Bonchev–Trinajstić information content (AvgIpc) is 2.70. The SMILES string of the molecule is CN(C(=O)Cc1ccc(NC(=O)C2COCCO2)cc1)c1ccccc1. The van der Waals surface area contributed by atoms with E-state index >= 15 is 0 Å². The third kappa shape index (κ3) is 4.68. The molecule has 1 atom stereocenters. The van der Waals surface area contributed by atoms with E-state index in [1.54, 1.807) is 24.1 Å². The van der Waals surface area contributed by atoms with Crippen molar-refractivity contribution in [2.24, 2.45) is 0 Å². The first-order valence-electron chi connectivity index (χ1n) is 8.54. The number of benzene rings is 2. The van der Waals surface area contributed by atoms with Crippen LogP contribution in [-0.4, -0.2) is 44.8 Å². The molecule has 2 aromatic carbocycles. The fraction of sp³-hybridized carbons (Fsp3) is 0.300. The second-order valence-corrected chi connectivity index (χ2v) is 6.09. The molecule has 1 saturated heterocycles. The Kier molecular flexibility index (Phi) is 5.99. The molecule has 1 aliphatic rings. The van der Waals surface area contributed by atoms with Gasteiger partial charge in [-0.2, -0.15) is 0 Å². The van der Waals surface area contributed by atoms with Crippen LogP contribution in [0.15, 0.2) is 54.6 Å². The van der Waals surface area contributed by atoms with Gasteiger partial charge >= 0.3 is 0 Å². The largest absolute Gasteiger partial charge is 0.376 e. The monoisotopic (exact) mass is 354 g/mol. The van der Waals surface area contributed by atoms with Crippen LogP contribution in [0.2, 0.25) is 0 Å². The van der Waals surface area contributed by atoms with Crippen molar-refractivity contribution in [1.82, 2.24) is 0 Å². The number of rotatable bonds is 5. The molecule has 3 rings (SSSR count). The summed E-state index contributed by atoms with van der Waals surface area (Å²) in [6.45, 7) is 1.21. The topological polar surface area (TPSA) is 67.9 Å². The lowest BCUT2D eigenvalue weighted by atomic mass is 10.1. The van der Waals surface area contributed by atoms with Gasteiger partial charge in [-0.05, 0) is 29.8 Å². The van der Waals surface area contributed by atoms with E-state index in [9.17, 15) is 9.59 Å². The van der Waals surface area contributed by atoms with E-state index in [-0.39, 0.29) is 18.4 Å². The lowest BCUT2D eigenvalue weighted by molar-refractivity contribution is -0.142. The van der Waals surface area contributed by atoms with Crippen molar-refractivity contribution in [3.05, 3.63) is 60.2 Å². The molecule has 0 aromatic heterocycles. The second-order valence-electron chi connectivity index (χ2n) is 6.09. The number of carbonyl (C=O) groups is 2. The molecule has 26 heavy (non-hydrogen) atoms. The third-order valence-corrected chi connectivity index (χ3v) is 4.20. The molecule has 1 fully saturated rings. The van der Waals surface area contributed by atoms with Crippen LogP contribution < -0.4 is 10.2 Å². The van der Waals surface area contributed by atoms with Crippen molar-refractivity contribution in [3.8, 4) is 0 Å². The number of hydrogen-bond acceptors (Lipinski definition) is 4. The normalized spacial score (nSPS) is 16.7. The number of ether oxygens (including phenoxy) is 2. The van der Waals surface area contributed by atoms with E-state index < -0.39 is 6.10 Å². The minimum absolute atomic E-state index is 0.000685. The molecule has 0 saturated carbocycles. The van der Waals surface area contributed by atoms with Gasteiger partial charge in [0.25, 0.3) is 5.91 Å². The fourth-order valence-corrected chi connectivity index (χ4v) is 2.66. The Hall–Kier alpha value is -2.70. The highest BCUT2D eigenvalue weighted by molar-refractivity contribution is 5.95. The summed E-state index contributed by atoms with van der Waals surface area (Å²) in [6.07, 6.45) is -0.288. The molecule has 1 heterocycles. The Balaban J connectivity index is 1.55. The zero-order valence-electron chi connectivity index (χ0n) is 14.7. The Morgan fingerprint density at radius 2 is 1.81 bits per heavy atom. The van der Waals surface area contributed by atoms with Gasteiger partial charge in [0, 0.05) is 18.4 Å². The maximum absolute atomic E-state index is 12.4. The summed E-state index contributed by atoms with van der Waals surface area (Å²) < 4.78 is 10.6. The van der Waals surface area contributed by atoms with E-state index in [0.717, 1.165) is 11.3 Å². The van der Waals surface area contributed by atoms with Crippen molar-refractivity contribution in [2.45, 2.75) is 12.5 Å². The zero-order chi connectivity index (χ0) is 18.4. The standard InChI is InChI=1S/C20H22N2O4/c1-22(17-5-3-2-4-6-17)19(23)13-15-7-9-16(10-8-15)21-20(24)18-14-25-11-12-26-18/h2-10,18H,11-14H2,1H3,(H,21,24). The molecule has 1 unspecified atom stereocenters. The van der Waals surface area contributed by atoms with E-state index in [0.29, 0.717) is 25.3 Å². The Bertz CT molecular complexity index is 740. The van der Waals surface area contributed by atoms with Crippen molar-refractivity contribution in [1.29, 1.82) is 0 Å². The van der Waals surface area contributed by atoms with Crippen LogP contribution >= 0.6 is 0 Å². The van der Waals surface area contributed by atoms with Crippen molar-refractivity contribution < 1.29 is 19.1 Å². The third-order valence-electron chi connectivity index (χ3n) is 4.20. The number of likely N-dealkylation sites (N-methyl/N-ethyl adjacent to an activating group) is 1. The van der Waals surface area contributed by atoms with Gasteiger partial charge in [-0.15, -0.1) is 0 Å². The summed E-state index contributed by atoms with van der Waals surface area (Å²) in [5.74, 6) is -0.224. The maximum atomic E-state index is 12.4. The van der Waals surface area contributed by atoms with Crippen LogP contribution in [0.1, 0.15) is 5.56 Å². The van der Waals surface area contributed by atoms with Gasteiger partial charge in [0.2, 0.25) is 5.91 Å². The Morgan fingerprint density at radius 3 is 2.46 bits per heavy atom. The highest BCUT2D eigenvalue weighted by Crippen LogP contribution is 2.15. The number of hydrogen-bond donors (Lipinski definition) is 1. The summed E-state index contributed by atoms with van der Waals surface area (Å²) >= 11 is 0. The van der Waals surface area contributed by atoms with E-state index in [1.165, 1.54) is 0 Å². The molecular weight excluding hydrogens is 332 g/mol. The highest BCUT2D eigenvalue weighted by atomic mass is 16.6. The van der Waals surface area contributed by atoms with Crippen molar-refractivity contribution in [2.75, 3.05) is 37.1 Å². The number of anilines is 2. The summed E-state index contributed by atoms with van der Waals surface area (Å²) in [5.41, 5.74) is 2.40. The molecule has 1 N–H and O–H groups in total. The average molecular weight is 354 g/mol. The number of nitrogens with zero attached hydrogens (tertiary/aromatic N) is 1. The number of amides is 2. The highest BCUT2D eigenvalue weighted by Gasteiger charge is 2.22. The van der Waals surface area contributed by atoms with Crippen LogP contribution in [0.5, 0.6) is 0 Å². The molecule has 1 aliphatic heterocycles. The molecule has 0 bridgehead atoms. The first kappa shape index (κ1) is 18.1. The molecule has 136 valence electrons. The van der Waals surface area contributed by atoms with E-state index in [1.807, 2.05) is 42.5 Å². The van der Waals surface area contributed by atoms with Crippen LogP contribution in [0.4, 0.5) is 11.4 Å². The van der Waals surface area contributed by atoms with E-state index in [4.69, 9.17) is 9.47 Å². The quantitative estimate of drug-likeness (QED) is 0.894. The van der Waals surface area contributed by atoms with E-state index in [2.05, 4.69) is 5.32 Å².